The molecule has 11 aromatic rings. The zero-order valence-electron chi connectivity index (χ0n) is 29.8. The SMILES string of the molecule is c1ccc(-c2cccc3c2sc2ccc(-c4cccc(N(c5ccc(-c6cccc7ccccc67)cc5)c5cccc6c5oc5ccccc56)c4)cc23)cc1. The lowest BCUT2D eigenvalue weighted by molar-refractivity contribution is 0.669. The van der Waals surface area contributed by atoms with Crippen molar-refractivity contribution in [3.05, 3.63) is 200 Å². The van der Waals surface area contributed by atoms with E-state index in [1.807, 2.05) is 17.4 Å². The summed E-state index contributed by atoms with van der Waals surface area (Å²) in [4.78, 5) is 2.34. The molecule has 9 aromatic carbocycles. The standard InChI is InChI=1S/C52H33NOS/c1-2-12-35(13-3-1)43-21-10-23-46-47-33-38(28-31-50(47)55-52(43)46)37-16-8-17-40(32-37)53(48-24-11-22-45-44-19-6-7-25-49(44)54-51(45)48)39-29-26-36(27-30-39)42-20-9-15-34-14-4-5-18-41(34)42/h1-33H. The van der Waals surface area contributed by atoms with Gasteiger partial charge in [-0.3, -0.25) is 0 Å². The molecule has 258 valence electrons. The number of hydrogen-bond acceptors (Lipinski definition) is 3. The van der Waals surface area contributed by atoms with Crippen molar-refractivity contribution in [1.82, 2.24) is 0 Å². The quantitative estimate of drug-likeness (QED) is 0.170. The number of anilines is 3. The topological polar surface area (TPSA) is 16.4 Å². The van der Waals surface area contributed by atoms with Crippen LogP contribution in [0, 0.1) is 0 Å². The molecule has 0 fully saturated rings. The van der Waals surface area contributed by atoms with E-state index in [4.69, 9.17) is 4.42 Å². The van der Waals surface area contributed by atoms with Gasteiger partial charge in [0, 0.05) is 42.3 Å². The second-order valence-electron chi connectivity index (χ2n) is 14.1. The smallest absolute Gasteiger partial charge is 0.159 e. The number of rotatable bonds is 6. The normalized spacial score (nSPS) is 11.6. The van der Waals surface area contributed by atoms with Gasteiger partial charge in [0.15, 0.2) is 5.58 Å². The number of fused-ring (bicyclic) bond motifs is 7. The van der Waals surface area contributed by atoms with E-state index in [0.29, 0.717) is 0 Å². The van der Waals surface area contributed by atoms with Crippen LogP contribution in [0.3, 0.4) is 0 Å². The lowest BCUT2D eigenvalue weighted by Crippen LogP contribution is -2.10. The molecule has 2 nitrogen and oxygen atoms in total. The molecule has 0 saturated heterocycles. The molecule has 0 aliphatic rings. The van der Waals surface area contributed by atoms with Crippen LogP contribution in [-0.4, -0.2) is 0 Å². The van der Waals surface area contributed by atoms with E-state index in [-0.39, 0.29) is 0 Å². The maximum atomic E-state index is 6.64. The number of benzene rings is 9. The third kappa shape index (κ3) is 5.32. The van der Waals surface area contributed by atoms with Crippen molar-refractivity contribution in [2.45, 2.75) is 0 Å². The molecule has 11 rings (SSSR count). The van der Waals surface area contributed by atoms with Gasteiger partial charge in [-0.05, 0) is 92.7 Å². The summed E-state index contributed by atoms with van der Waals surface area (Å²) in [5.74, 6) is 0. The van der Waals surface area contributed by atoms with E-state index in [9.17, 15) is 0 Å². The molecule has 0 saturated carbocycles. The maximum Gasteiger partial charge on any atom is 0.159 e. The van der Waals surface area contributed by atoms with Gasteiger partial charge in [0.25, 0.3) is 0 Å². The van der Waals surface area contributed by atoms with Crippen molar-refractivity contribution in [1.29, 1.82) is 0 Å². The summed E-state index contributed by atoms with van der Waals surface area (Å²) >= 11 is 1.87. The molecule has 2 aromatic heterocycles. The molecular formula is C52H33NOS. The second-order valence-corrected chi connectivity index (χ2v) is 15.1. The van der Waals surface area contributed by atoms with Crippen LogP contribution in [0.5, 0.6) is 0 Å². The van der Waals surface area contributed by atoms with Crippen molar-refractivity contribution >= 4 is 81.3 Å². The van der Waals surface area contributed by atoms with E-state index >= 15 is 0 Å². The van der Waals surface area contributed by atoms with Gasteiger partial charge in [0.2, 0.25) is 0 Å². The fraction of sp³-hybridized carbons (Fsp3) is 0. The van der Waals surface area contributed by atoms with E-state index in [2.05, 4.69) is 199 Å². The van der Waals surface area contributed by atoms with Gasteiger partial charge in [0.1, 0.15) is 5.58 Å². The van der Waals surface area contributed by atoms with E-state index in [1.54, 1.807) is 0 Å². The third-order valence-electron chi connectivity index (χ3n) is 10.9. The van der Waals surface area contributed by atoms with Crippen LogP contribution in [0.2, 0.25) is 0 Å². The Labute approximate surface area is 322 Å². The van der Waals surface area contributed by atoms with Crippen LogP contribution >= 0.6 is 11.3 Å². The Bertz CT molecular complexity index is 3200. The molecule has 0 bridgehead atoms. The highest BCUT2D eigenvalue weighted by atomic mass is 32.1. The largest absolute Gasteiger partial charge is 0.454 e. The lowest BCUT2D eigenvalue weighted by atomic mass is 9.98. The Morgan fingerprint density at radius 1 is 0.382 bits per heavy atom. The molecule has 3 heteroatoms. The third-order valence-corrected chi connectivity index (χ3v) is 12.1. The van der Waals surface area contributed by atoms with Crippen LogP contribution in [0.4, 0.5) is 17.1 Å². The van der Waals surface area contributed by atoms with Gasteiger partial charge in [-0.25, -0.2) is 0 Å². The first-order valence-electron chi connectivity index (χ1n) is 18.7. The highest BCUT2D eigenvalue weighted by molar-refractivity contribution is 7.26. The molecule has 2 heterocycles. The van der Waals surface area contributed by atoms with Crippen LogP contribution < -0.4 is 4.90 Å². The van der Waals surface area contributed by atoms with E-state index in [1.165, 1.54) is 58.8 Å². The molecule has 0 aliphatic heterocycles. The maximum absolute atomic E-state index is 6.64. The number of thiophene rings is 1. The van der Waals surface area contributed by atoms with Crippen molar-refractivity contribution < 1.29 is 4.42 Å². The predicted molar refractivity (Wildman–Crippen MR) is 235 cm³/mol. The molecule has 55 heavy (non-hydrogen) atoms. The van der Waals surface area contributed by atoms with E-state index < -0.39 is 0 Å². The van der Waals surface area contributed by atoms with Gasteiger partial charge in [0.05, 0.1) is 5.69 Å². The summed E-state index contributed by atoms with van der Waals surface area (Å²) in [6.45, 7) is 0. The minimum atomic E-state index is 0.868. The molecule has 0 spiro atoms. The zero-order chi connectivity index (χ0) is 36.3. The van der Waals surface area contributed by atoms with Gasteiger partial charge in [-0.2, -0.15) is 0 Å². The molecular weight excluding hydrogens is 687 g/mol. The average Bonchev–Trinajstić information content (AvgIpc) is 3.83. The predicted octanol–water partition coefficient (Wildman–Crippen LogP) is 15.6. The fourth-order valence-electron chi connectivity index (χ4n) is 8.25. The summed E-state index contributed by atoms with van der Waals surface area (Å²) < 4.78 is 9.26. The molecule has 0 unspecified atom stereocenters. The Morgan fingerprint density at radius 2 is 1.02 bits per heavy atom. The zero-order valence-corrected chi connectivity index (χ0v) is 30.6. The first-order chi connectivity index (χ1) is 27.3. The molecule has 0 atom stereocenters. The fourth-order valence-corrected chi connectivity index (χ4v) is 9.47. The number of furan rings is 1. The minimum Gasteiger partial charge on any atom is -0.454 e. The summed E-state index contributed by atoms with van der Waals surface area (Å²) in [6, 6.07) is 72.1. The van der Waals surface area contributed by atoms with Crippen molar-refractivity contribution in [2.24, 2.45) is 0 Å². The second kappa shape index (κ2) is 12.9. The van der Waals surface area contributed by atoms with Crippen LogP contribution in [0.25, 0.3) is 86.3 Å². The van der Waals surface area contributed by atoms with Crippen LogP contribution in [0.15, 0.2) is 205 Å². The van der Waals surface area contributed by atoms with Gasteiger partial charge in [-0.1, -0.05) is 152 Å². The molecule has 0 radical (unpaired) electrons. The van der Waals surface area contributed by atoms with Crippen LogP contribution in [0.1, 0.15) is 0 Å². The summed E-state index contributed by atoms with van der Waals surface area (Å²) in [5, 5.41) is 7.29. The highest BCUT2D eigenvalue weighted by Gasteiger charge is 2.20. The van der Waals surface area contributed by atoms with E-state index in [0.717, 1.165) is 44.6 Å². The van der Waals surface area contributed by atoms with Gasteiger partial charge < -0.3 is 9.32 Å². The average molecular weight is 720 g/mol. The Hall–Kier alpha value is -6.94. The first-order valence-corrected chi connectivity index (χ1v) is 19.5. The van der Waals surface area contributed by atoms with Crippen LogP contribution in [-0.2, 0) is 0 Å². The lowest BCUT2D eigenvalue weighted by Gasteiger charge is -2.26. The summed E-state index contributed by atoms with van der Waals surface area (Å²) in [6.07, 6.45) is 0. The minimum absolute atomic E-state index is 0.868. The van der Waals surface area contributed by atoms with Gasteiger partial charge >= 0.3 is 0 Å². The number of nitrogens with zero attached hydrogens (tertiary/aromatic N) is 1. The van der Waals surface area contributed by atoms with Crippen molar-refractivity contribution in [2.75, 3.05) is 4.90 Å². The Balaban J connectivity index is 1.06. The first kappa shape index (κ1) is 31.6. The summed E-state index contributed by atoms with van der Waals surface area (Å²) in [7, 11) is 0. The summed E-state index contributed by atoms with van der Waals surface area (Å²) in [5.41, 5.74) is 12.2. The van der Waals surface area contributed by atoms with Crippen molar-refractivity contribution in [3.8, 4) is 33.4 Å². The Morgan fingerprint density at radius 3 is 1.93 bits per heavy atom. The Kier molecular flexibility index (Phi) is 7.39. The van der Waals surface area contributed by atoms with Gasteiger partial charge in [-0.15, -0.1) is 11.3 Å². The van der Waals surface area contributed by atoms with Crippen molar-refractivity contribution in [3.63, 3.8) is 0 Å². The highest BCUT2D eigenvalue weighted by Crippen LogP contribution is 2.45. The number of para-hydroxylation sites is 2. The molecule has 0 aliphatic carbocycles. The number of hydrogen-bond donors (Lipinski definition) is 0. The monoisotopic (exact) mass is 719 g/mol. The molecule has 0 N–H and O–H groups in total. The molecule has 0 amide bonds.